The number of aromatic nitrogens is 4. The molecule has 2 aromatic heterocycles. The smallest absolute Gasteiger partial charge is 0.475 e. The second-order valence-corrected chi connectivity index (χ2v) is 7.76. The Labute approximate surface area is 183 Å². The van der Waals surface area contributed by atoms with Crippen LogP contribution in [0.5, 0.6) is 0 Å². The molecule has 0 aliphatic carbocycles. The molecule has 0 spiro atoms. The summed E-state index contributed by atoms with van der Waals surface area (Å²) in [5.74, 6) is -0.815. The molecule has 1 N–H and O–H groups in total. The number of halogens is 3. The summed E-state index contributed by atoms with van der Waals surface area (Å²) in [5.41, 5.74) is 3.57. The van der Waals surface area contributed by atoms with Gasteiger partial charge in [-0.05, 0) is 26.0 Å². The maximum Gasteiger partial charge on any atom is 0.490 e. The van der Waals surface area contributed by atoms with Crippen LogP contribution in [0.15, 0.2) is 18.7 Å². The number of hydrogen-bond acceptors (Lipinski definition) is 8. The third kappa shape index (κ3) is 6.02. The fourth-order valence-corrected chi connectivity index (χ4v) is 3.55. The number of fused-ring (bicyclic) bond motifs is 1. The Morgan fingerprint density at radius 3 is 2.12 bits per heavy atom. The minimum atomic E-state index is -5.08. The number of aliphatic carboxylic acids is 1. The highest BCUT2D eigenvalue weighted by Crippen LogP contribution is 2.25. The van der Waals surface area contributed by atoms with Gasteiger partial charge in [-0.3, -0.25) is 0 Å². The molecule has 2 aliphatic heterocycles. The van der Waals surface area contributed by atoms with Crippen LogP contribution in [-0.2, 0) is 17.6 Å². The standard InChI is InChI=1S/C18H25N7.C2HF3O2/c1-14-11-19-18(20-12-14)25-5-3-15-16(4-6-25)21-13-22-17(15)24-9-7-23(2)8-10-24;3-2(4,5)1(6)7/h11-13H,3-10H2,1-2H3;(H,6,7). The zero-order valence-corrected chi connectivity index (χ0v) is 18.0. The highest BCUT2D eigenvalue weighted by Gasteiger charge is 2.38. The number of carboxylic acid groups (broad SMARTS) is 1. The quantitative estimate of drug-likeness (QED) is 0.726. The number of anilines is 2. The lowest BCUT2D eigenvalue weighted by molar-refractivity contribution is -0.192. The Hall–Kier alpha value is -3.02. The topological polar surface area (TPSA) is 98.6 Å². The van der Waals surface area contributed by atoms with Crippen LogP contribution < -0.4 is 9.80 Å². The van der Waals surface area contributed by atoms with Crippen molar-refractivity contribution in [3.8, 4) is 0 Å². The number of carbonyl (C=O) groups is 1. The molecule has 0 atom stereocenters. The first-order chi connectivity index (χ1) is 15.1. The third-order valence-corrected chi connectivity index (χ3v) is 5.36. The molecule has 0 unspecified atom stereocenters. The molecule has 2 aromatic rings. The van der Waals surface area contributed by atoms with Crippen LogP contribution in [0.4, 0.5) is 24.9 Å². The number of carboxylic acids is 1. The second kappa shape index (κ2) is 10.1. The van der Waals surface area contributed by atoms with Crippen molar-refractivity contribution < 1.29 is 23.1 Å². The van der Waals surface area contributed by atoms with Gasteiger partial charge >= 0.3 is 12.1 Å². The monoisotopic (exact) mass is 453 g/mol. The molecule has 1 saturated heterocycles. The molecule has 0 amide bonds. The van der Waals surface area contributed by atoms with Gasteiger partial charge in [0.1, 0.15) is 12.1 Å². The van der Waals surface area contributed by atoms with Crippen LogP contribution in [0.1, 0.15) is 16.8 Å². The first-order valence-corrected chi connectivity index (χ1v) is 10.2. The summed E-state index contributed by atoms with van der Waals surface area (Å²) in [6.45, 7) is 8.05. The molecule has 9 nitrogen and oxygen atoms in total. The van der Waals surface area contributed by atoms with Gasteiger partial charge in [0, 0.05) is 63.6 Å². The molecule has 1 fully saturated rings. The number of alkyl halides is 3. The first kappa shape index (κ1) is 23.6. The van der Waals surface area contributed by atoms with E-state index in [0.717, 1.165) is 69.4 Å². The van der Waals surface area contributed by atoms with Crippen LogP contribution in [0, 0.1) is 6.92 Å². The van der Waals surface area contributed by atoms with Gasteiger partial charge in [-0.25, -0.2) is 24.7 Å². The maximum atomic E-state index is 10.6. The largest absolute Gasteiger partial charge is 0.490 e. The lowest BCUT2D eigenvalue weighted by atomic mass is 10.1. The Balaban J connectivity index is 0.000000360. The number of likely N-dealkylation sites (N-methyl/N-ethyl adjacent to an activating group) is 1. The third-order valence-electron chi connectivity index (χ3n) is 5.36. The van der Waals surface area contributed by atoms with Crippen LogP contribution in [-0.4, -0.2) is 88.4 Å². The van der Waals surface area contributed by atoms with E-state index in [1.54, 1.807) is 6.33 Å². The predicted molar refractivity (Wildman–Crippen MR) is 112 cm³/mol. The van der Waals surface area contributed by atoms with E-state index in [-0.39, 0.29) is 0 Å². The van der Waals surface area contributed by atoms with E-state index in [2.05, 4.69) is 41.7 Å². The van der Waals surface area contributed by atoms with E-state index in [1.165, 1.54) is 11.3 Å². The number of piperazine rings is 1. The lowest BCUT2D eigenvalue weighted by Gasteiger charge is -2.34. The minimum Gasteiger partial charge on any atom is -0.475 e. The molecule has 0 saturated carbocycles. The molecule has 0 radical (unpaired) electrons. The Kier molecular flexibility index (Phi) is 7.44. The minimum absolute atomic E-state index is 0.813. The van der Waals surface area contributed by atoms with Crippen molar-refractivity contribution >= 4 is 17.7 Å². The molecule has 0 bridgehead atoms. The molecule has 4 heterocycles. The van der Waals surface area contributed by atoms with Crippen LogP contribution in [0.3, 0.4) is 0 Å². The van der Waals surface area contributed by atoms with Gasteiger partial charge in [0.25, 0.3) is 0 Å². The van der Waals surface area contributed by atoms with E-state index in [4.69, 9.17) is 9.90 Å². The molecule has 0 aromatic carbocycles. The number of rotatable bonds is 2. The van der Waals surface area contributed by atoms with Crippen molar-refractivity contribution in [2.24, 2.45) is 0 Å². The Bertz CT molecular complexity index is 916. The summed E-state index contributed by atoms with van der Waals surface area (Å²) in [6.07, 6.45) is 2.26. The zero-order valence-electron chi connectivity index (χ0n) is 18.0. The molecule has 174 valence electrons. The molecule has 2 aliphatic rings. The Morgan fingerprint density at radius 1 is 0.938 bits per heavy atom. The van der Waals surface area contributed by atoms with E-state index in [0.29, 0.717) is 0 Å². The van der Waals surface area contributed by atoms with E-state index < -0.39 is 12.1 Å². The van der Waals surface area contributed by atoms with Gasteiger partial charge in [-0.15, -0.1) is 0 Å². The van der Waals surface area contributed by atoms with Gasteiger partial charge in [0.15, 0.2) is 0 Å². The summed E-state index contributed by atoms with van der Waals surface area (Å²) in [5, 5.41) is 7.12. The maximum absolute atomic E-state index is 10.6. The average molecular weight is 453 g/mol. The van der Waals surface area contributed by atoms with Crippen molar-refractivity contribution in [1.82, 2.24) is 24.8 Å². The van der Waals surface area contributed by atoms with E-state index in [9.17, 15) is 13.2 Å². The second-order valence-electron chi connectivity index (χ2n) is 7.76. The summed E-state index contributed by atoms with van der Waals surface area (Å²) in [7, 11) is 2.18. The molecule has 4 rings (SSSR count). The van der Waals surface area contributed by atoms with Gasteiger partial charge in [-0.1, -0.05) is 0 Å². The van der Waals surface area contributed by atoms with Gasteiger partial charge in [0.05, 0.1) is 5.69 Å². The normalized spacial score (nSPS) is 17.2. The van der Waals surface area contributed by atoms with Crippen molar-refractivity contribution in [2.75, 3.05) is 56.1 Å². The van der Waals surface area contributed by atoms with Crippen LogP contribution >= 0.6 is 0 Å². The average Bonchev–Trinajstić information content (AvgIpc) is 2.97. The molecule has 32 heavy (non-hydrogen) atoms. The lowest BCUT2D eigenvalue weighted by Crippen LogP contribution is -2.45. The SMILES string of the molecule is Cc1cnc(N2CCc3ncnc(N4CCN(C)CC4)c3CC2)nc1.O=C(O)C(F)(F)F. The Morgan fingerprint density at radius 2 is 1.53 bits per heavy atom. The first-order valence-electron chi connectivity index (χ1n) is 10.2. The summed E-state index contributed by atoms with van der Waals surface area (Å²) < 4.78 is 31.7. The van der Waals surface area contributed by atoms with Crippen molar-refractivity contribution in [3.63, 3.8) is 0 Å². The summed E-state index contributed by atoms with van der Waals surface area (Å²) >= 11 is 0. The molecular formula is C20H26F3N7O2. The van der Waals surface area contributed by atoms with Crippen molar-refractivity contribution in [3.05, 3.63) is 35.5 Å². The zero-order chi connectivity index (χ0) is 23.3. The summed E-state index contributed by atoms with van der Waals surface area (Å²) in [6, 6.07) is 0. The molecule has 12 heteroatoms. The predicted octanol–water partition coefficient (Wildman–Crippen LogP) is 1.57. The van der Waals surface area contributed by atoms with Crippen LogP contribution in [0.2, 0.25) is 0 Å². The van der Waals surface area contributed by atoms with Crippen molar-refractivity contribution in [1.29, 1.82) is 0 Å². The number of nitrogens with zero attached hydrogens (tertiary/aromatic N) is 7. The van der Waals surface area contributed by atoms with Gasteiger partial charge in [0.2, 0.25) is 5.95 Å². The van der Waals surface area contributed by atoms with Gasteiger partial charge in [-0.2, -0.15) is 13.2 Å². The number of hydrogen-bond donors (Lipinski definition) is 1. The van der Waals surface area contributed by atoms with E-state index in [1.807, 2.05) is 19.3 Å². The number of aryl methyl sites for hydroxylation is 1. The van der Waals surface area contributed by atoms with Crippen molar-refractivity contribution in [2.45, 2.75) is 25.9 Å². The molecular weight excluding hydrogens is 427 g/mol. The fraction of sp³-hybridized carbons (Fsp3) is 0.550. The highest BCUT2D eigenvalue weighted by molar-refractivity contribution is 5.73. The van der Waals surface area contributed by atoms with Gasteiger partial charge < -0.3 is 19.8 Å². The summed E-state index contributed by atoms with van der Waals surface area (Å²) in [4.78, 5) is 34.1. The fourth-order valence-electron chi connectivity index (χ4n) is 3.55. The van der Waals surface area contributed by atoms with Crippen LogP contribution in [0.25, 0.3) is 0 Å². The van der Waals surface area contributed by atoms with E-state index >= 15 is 0 Å². The highest BCUT2D eigenvalue weighted by atomic mass is 19.4.